The van der Waals surface area contributed by atoms with Crippen molar-refractivity contribution < 1.29 is 5.11 Å². The third-order valence-electron chi connectivity index (χ3n) is 3.21. The van der Waals surface area contributed by atoms with Gasteiger partial charge in [0.25, 0.3) is 0 Å². The van der Waals surface area contributed by atoms with Gasteiger partial charge in [0, 0.05) is 19.1 Å². The number of aliphatic hydroxyl groups excluding tert-OH is 1. The Kier molecular flexibility index (Phi) is 3.39. The largest absolute Gasteiger partial charge is 0.393 e. The number of rotatable bonds is 2. The second-order valence-electron chi connectivity index (χ2n) is 4.48. The Balaban J connectivity index is 1.95. The SMILES string of the molecule is C[C@H]1C[C@H](O)CCN1Cc1ccccc1. The number of likely N-dealkylation sites (tertiary alicyclic amines) is 1. The zero-order chi connectivity index (χ0) is 10.7. The van der Waals surface area contributed by atoms with Gasteiger partial charge in [0.15, 0.2) is 0 Å². The molecule has 0 radical (unpaired) electrons. The molecule has 1 heterocycles. The van der Waals surface area contributed by atoms with Crippen molar-refractivity contribution >= 4 is 0 Å². The molecule has 1 saturated heterocycles. The lowest BCUT2D eigenvalue weighted by atomic mass is 10.00. The molecule has 1 aromatic carbocycles. The van der Waals surface area contributed by atoms with E-state index >= 15 is 0 Å². The van der Waals surface area contributed by atoms with E-state index in [0.29, 0.717) is 6.04 Å². The predicted molar refractivity (Wildman–Crippen MR) is 61.6 cm³/mol. The normalized spacial score (nSPS) is 27.9. The van der Waals surface area contributed by atoms with E-state index in [0.717, 1.165) is 25.9 Å². The zero-order valence-electron chi connectivity index (χ0n) is 9.26. The third kappa shape index (κ3) is 2.80. The number of nitrogens with zero attached hydrogens (tertiary/aromatic N) is 1. The van der Waals surface area contributed by atoms with Crippen molar-refractivity contribution in [3.8, 4) is 0 Å². The van der Waals surface area contributed by atoms with Crippen LogP contribution in [0.3, 0.4) is 0 Å². The molecule has 0 amide bonds. The molecular formula is C13H19NO. The number of piperidine rings is 1. The first-order valence-electron chi connectivity index (χ1n) is 5.72. The Labute approximate surface area is 91.5 Å². The summed E-state index contributed by atoms with van der Waals surface area (Å²) in [6, 6.07) is 11.0. The molecule has 0 aliphatic carbocycles. The van der Waals surface area contributed by atoms with Gasteiger partial charge in [-0.3, -0.25) is 4.90 Å². The number of hydrogen-bond acceptors (Lipinski definition) is 2. The van der Waals surface area contributed by atoms with Gasteiger partial charge in [-0.25, -0.2) is 0 Å². The maximum Gasteiger partial charge on any atom is 0.0567 e. The lowest BCUT2D eigenvalue weighted by molar-refractivity contribution is 0.0442. The maximum atomic E-state index is 9.54. The van der Waals surface area contributed by atoms with Crippen LogP contribution >= 0.6 is 0 Å². The van der Waals surface area contributed by atoms with Crippen LogP contribution in [0, 0.1) is 0 Å². The van der Waals surface area contributed by atoms with E-state index in [1.54, 1.807) is 0 Å². The van der Waals surface area contributed by atoms with E-state index in [4.69, 9.17) is 0 Å². The minimum Gasteiger partial charge on any atom is -0.393 e. The minimum atomic E-state index is -0.0907. The van der Waals surface area contributed by atoms with Gasteiger partial charge in [0.2, 0.25) is 0 Å². The summed E-state index contributed by atoms with van der Waals surface area (Å²) >= 11 is 0. The van der Waals surface area contributed by atoms with E-state index in [2.05, 4.69) is 36.1 Å². The number of aliphatic hydroxyl groups is 1. The highest BCUT2D eigenvalue weighted by atomic mass is 16.3. The van der Waals surface area contributed by atoms with Gasteiger partial charge in [-0.2, -0.15) is 0 Å². The highest BCUT2D eigenvalue weighted by Gasteiger charge is 2.23. The fourth-order valence-corrected chi connectivity index (χ4v) is 2.25. The fourth-order valence-electron chi connectivity index (χ4n) is 2.25. The molecule has 15 heavy (non-hydrogen) atoms. The van der Waals surface area contributed by atoms with Crippen molar-refractivity contribution in [2.75, 3.05) is 6.54 Å². The van der Waals surface area contributed by atoms with Crippen LogP contribution < -0.4 is 0 Å². The first kappa shape index (κ1) is 10.7. The summed E-state index contributed by atoms with van der Waals surface area (Å²) in [5, 5.41) is 9.54. The van der Waals surface area contributed by atoms with Crippen molar-refractivity contribution in [2.24, 2.45) is 0 Å². The predicted octanol–water partition coefficient (Wildman–Crippen LogP) is 2.03. The molecule has 0 unspecified atom stereocenters. The van der Waals surface area contributed by atoms with Crippen molar-refractivity contribution in [1.29, 1.82) is 0 Å². The van der Waals surface area contributed by atoms with Gasteiger partial charge in [-0.05, 0) is 25.3 Å². The number of benzene rings is 1. The lowest BCUT2D eigenvalue weighted by Gasteiger charge is -2.35. The summed E-state index contributed by atoms with van der Waals surface area (Å²) in [4.78, 5) is 2.45. The average Bonchev–Trinajstić information content (AvgIpc) is 2.24. The molecule has 1 aliphatic heterocycles. The minimum absolute atomic E-state index is 0.0907. The first-order valence-corrected chi connectivity index (χ1v) is 5.72. The zero-order valence-corrected chi connectivity index (χ0v) is 9.26. The van der Waals surface area contributed by atoms with Crippen LogP contribution in [0.15, 0.2) is 30.3 Å². The Bertz CT molecular complexity index is 299. The third-order valence-corrected chi connectivity index (χ3v) is 3.21. The van der Waals surface area contributed by atoms with E-state index < -0.39 is 0 Å². The van der Waals surface area contributed by atoms with Gasteiger partial charge in [-0.1, -0.05) is 30.3 Å². The monoisotopic (exact) mass is 205 g/mol. The average molecular weight is 205 g/mol. The molecule has 1 aliphatic rings. The Morgan fingerprint density at radius 1 is 1.33 bits per heavy atom. The van der Waals surface area contributed by atoms with Crippen molar-refractivity contribution in [3.05, 3.63) is 35.9 Å². The van der Waals surface area contributed by atoms with Crippen molar-refractivity contribution in [2.45, 2.75) is 38.5 Å². The van der Waals surface area contributed by atoms with Gasteiger partial charge < -0.3 is 5.11 Å². The molecule has 2 nitrogen and oxygen atoms in total. The molecule has 1 aromatic rings. The molecule has 2 atom stereocenters. The number of hydrogen-bond donors (Lipinski definition) is 1. The van der Waals surface area contributed by atoms with E-state index in [1.807, 2.05) is 6.07 Å². The van der Waals surface area contributed by atoms with Crippen molar-refractivity contribution in [3.63, 3.8) is 0 Å². The molecule has 1 N–H and O–H groups in total. The molecular weight excluding hydrogens is 186 g/mol. The van der Waals surface area contributed by atoms with Crippen LogP contribution in [0.5, 0.6) is 0 Å². The second-order valence-corrected chi connectivity index (χ2v) is 4.48. The molecule has 82 valence electrons. The van der Waals surface area contributed by atoms with E-state index in [1.165, 1.54) is 5.56 Å². The summed E-state index contributed by atoms with van der Waals surface area (Å²) in [5.74, 6) is 0. The summed E-state index contributed by atoms with van der Waals surface area (Å²) in [6.07, 6.45) is 1.73. The van der Waals surface area contributed by atoms with Gasteiger partial charge in [-0.15, -0.1) is 0 Å². The van der Waals surface area contributed by atoms with Crippen LogP contribution in [0.2, 0.25) is 0 Å². The first-order chi connectivity index (χ1) is 7.25. The lowest BCUT2D eigenvalue weighted by Crippen LogP contribution is -2.41. The van der Waals surface area contributed by atoms with Crippen LogP contribution in [-0.2, 0) is 6.54 Å². The summed E-state index contributed by atoms with van der Waals surface area (Å²) in [7, 11) is 0. The van der Waals surface area contributed by atoms with Crippen molar-refractivity contribution in [1.82, 2.24) is 4.90 Å². The van der Waals surface area contributed by atoms with Gasteiger partial charge >= 0.3 is 0 Å². The van der Waals surface area contributed by atoms with Crippen LogP contribution in [0.25, 0.3) is 0 Å². The summed E-state index contributed by atoms with van der Waals surface area (Å²) in [6.45, 7) is 4.22. The Hall–Kier alpha value is -0.860. The highest BCUT2D eigenvalue weighted by Crippen LogP contribution is 2.19. The highest BCUT2D eigenvalue weighted by molar-refractivity contribution is 5.14. The summed E-state index contributed by atoms with van der Waals surface area (Å²) < 4.78 is 0. The van der Waals surface area contributed by atoms with Gasteiger partial charge in [0.1, 0.15) is 0 Å². The molecule has 0 spiro atoms. The second kappa shape index (κ2) is 4.77. The van der Waals surface area contributed by atoms with Crippen LogP contribution in [-0.4, -0.2) is 28.7 Å². The Morgan fingerprint density at radius 3 is 2.73 bits per heavy atom. The standard InChI is InChI=1S/C13H19NO/c1-11-9-13(15)7-8-14(11)10-12-5-3-2-4-6-12/h2-6,11,13,15H,7-10H2,1H3/t11-,13+/m0/s1. The molecule has 0 saturated carbocycles. The van der Waals surface area contributed by atoms with E-state index in [9.17, 15) is 5.11 Å². The Morgan fingerprint density at radius 2 is 2.07 bits per heavy atom. The summed E-state index contributed by atoms with van der Waals surface area (Å²) in [5.41, 5.74) is 1.36. The fraction of sp³-hybridized carbons (Fsp3) is 0.538. The molecule has 2 rings (SSSR count). The molecule has 1 fully saturated rings. The van der Waals surface area contributed by atoms with E-state index in [-0.39, 0.29) is 6.10 Å². The quantitative estimate of drug-likeness (QED) is 0.798. The molecule has 2 heteroatoms. The molecule has 0 aromatic heterocycles. The van der Waals surface area contributed by atoms with Gasteiger partial charge in [0.05, 0.1) is 6.10 Å². The van der Waals surface area contributed by atoms with Crippen LogP contribution in [0.1, 0.15) is 25.3 Å². The molecule has 0 bridgehead atoms. The maximum absolute atomic E-state index is 9.54. The van der Waals surface area contributed by atoms with Crippen LogP contribution in [0.4, 0.5) is 0 Å². The smallest absolute Gasteiger partial charge is 0.0567 e. The topological polar surface area (TPSA) is 23.5 Å².